The molecule has 0 radical (unpaired) electrons. The first-order valence-electron chi connectivity index (χ1n) is 9.33. The lowest BCUT2D eigenvalue weighted by atomic mass is 10.1. The number of hydrogen-bond acceptors (Lipinski definition) is 5. The molecule has 5 rings (SSSR count). The lowest BCUT2D eigenvalue weighted by Gasteiger charge is -2.17. The highest BCUT2D eigenvalue weighted by atomic mass is 19.3. The fraction of sp³-hybridized carbons (Fsp3) is 0.250. The number of nitrogens with zero attached hydrogens (tertiary/aromatic N) is 4. The highest BCUT2D eigenvalue weighted by Crippen LogP contribution is 2.39. The summed E-state index contributed by atoms with van der Waals surface area (Å²) in [5.41, 5.74) is 2.42. The summed E-state index contributed by atoms with van der Waals surface area (Å²) in [5, 5.41) is 10.0. The van der Waals surface area contributed by atoms with Crippen molar-refractivity contribution in [3.05, 3.63) is 53.9 Å². The minimum atomic E-state index is -1.75. The van der Waals surface area contributed by atoms with Crippen LogP contribution in [0.4, 0.5) is 34.8 Å². The van der Waals surface area contributed by atoms with Crippen molar-refractivity contribution in [1.82, 2.24) is 15.2 Å². The van der Waals surface area contributed by atoms with Gasteiger partial charge in [0.2, 0.25) is 6.93 Å². The number of aliphatic imine (C=N–C) groups is 1. The molecule has 0 amide bonds. The van der Waals surface area contributed by atoms with Crippen LogP contribution in [0.1, 0.15) is 18.4 Å². The maximum Gasteiger partial charge on any atom is 0.229 e. The van der Waals surface area contributed by atoms with Gasteiger partial charge < -0.3 is 10.2 Å². The molecule has 2 aliphatic rings. The molecule has 1 saturated heterocycles. The van der Waals surface area contributed by atoms with E-state index in [-0.39, 0.29) is 11.4 Å². The average Bonchev–Trinajstić information content (AvgIpc) is 3.39. The first-order valence-corrected chi connectivity index (χ1v) is 9.33. The van der Waals surface area contributed by atoms with Crippen molar-refractivity contribution in [2.75, 3.05) is 30.2 Å². The van der Waals surface area contributed by atoms with E-state index in [4.69, 9.17) is 0 Å². The van der Waals surface area contributed by atoms with Crippen LogP contribution in [-0.4, -0.2) is 41.0 Å². The van der Waals surface area contributed by atoms with Crippen LogP contribution in [0.3, 0.4) is 0 Å². The van der Waals surface area contributed by atoms with Gasteiger partial charge in [-0.3, -0.25) is 5.10 Å². The topological polar surface area (TPSA) is 69.2 Å². The molecule has 2 aliphatic heterocycles. The van der Waals surface area contributed by atoms with Crippen LogP contribution < -0.4 is 10.2 Å². The van der Waals surface area contributed by atoms with Gasteiger partial charge in [-0.05, 0) is 31.0 Å². The second-order valence-corrected chi connectivity index (χ2v) is 6.70. The van der Waals surface area contributed by atoms with Gasteiger partial charge in [0.15, 0.2) is 0 Å². The second kappa shape index (κ2) is 8.52. The number of hydrogen-bond donors (Lipinski definition) is 2. The number of nitrogens with one attached hydrogen (secondary N) is 2. The van der Waals surface area contributed by atoms with Gasteiger partial charge >= 0.3 is 0 Å². The number of anilines is 2. The van der Waals surface area contributed by atoms with Gasteiger partial charge in [-0.15, -0.1) is 0 Å². The highest BCUT2D eigenvalue weighted by molar-refractivity contribution is 6.13. The number of pyridine rings is 1. The molecular formula is C20H18F4N6. The number of aromatic amines is 1. The van der Waals surface area contributed by atoms with Gasteiger partial charge in [-0.2, -0.15) is 5.10 Å². The summed E-state index contributed by atoms with van der Waals surface area (Å²) >= 11 is 0. The quantitative estimate of drug-likeness (QED) is 0.590. The molecule has 10 heteroatoms. The number of rotatable bonds is 2. The molecule has 6 nitrogen and oxygen atoms in total. The van der Waals surface area contributed by atoms with Gasteiger partial charge in [0.1, 0.15) is 23.3 Å². The number of fused-ring (bicyclic) bond motifs is 3. The van der Waals surface area contributed by atoms with E-state index in [1.807, 2.05) is 6.07 Å². The summed E-state index contributed by atoms with van der Waals surface area (Å²) in [6, 6.07) is 5.69. The fourth-order valence-corrected chi connectivity index (χ4v) is 3.55. The Kier molecular flexibility index (Phi) is 5.64. The summed E-state index contributed by atoms with van der Waals surface area (Å²) in [4.78, 5) is 11.2. The van der Waals surface area contributed by atoms with Crippen LogP contribution in [0.15, 0.2) is 41.7 Å². The first-order chi connectivity index (χ1) is 14.6. The van der Waals surface area contributed by atoms with E-state index >= 15 is 0 Å². The third-order valence-corrected chi connectivity index (χ3v) is 4.89. The predicted molar refractivity (Wildman–Crippen MR) is 107 cm³/mol. The van der Waals surface area contributed by atoms with Gasteiger partial charge in [0, 0.05) is 18.7 Å². The molecule has 0 atom stereocenters. The van der Waals surface area contributed by atoms with Gasteiger partial charge in [0.25, 0.3) is 0 Å². The largest absolute Gasteiger partial charge is 0.357 e. The Morgan fingerprint density at radius 3 is 2.43 bits per heavy atom. The molecule has 1 fully saturated rings. The van der Waals surface area contributed by atoms with Crippen molar-refractivity contribution in [2.45, 2.75) is 12.8 Å². The molecule has 4 heterocycles. The molecule has 2 aromatic heterocycles. The van der Waals surface area contributed by atoms with E-state index in [2.05, 4.69) is 30.4 Å². The van der Waals surface area contributed by atoms with Crippen LogP contribution in [0.5, 0.6) is 0 Å². The van der Waals surface area contributed by atoms with E-state index in [0.717, 1.165) is 37.3 Å². The van der Waals surface area contributed by atoms with Crippen LogP contribution >= 0.6 is 0 Å². The highest BCUT2D eigenvalue weighted by Gasteiger charge is 2.24. The van der Waals surface area contributed by atoms with E-state index in [0.29, 0.717) is 17.1 Å². The van der Waals surface area contributed by atoms with E-state index < -0.39 is 18.6 Å². The smallest absolute Gasteiger partial charge is 0.229 e. The minimum absolute atomic E-state index is 0.0859. The molecule has 156 valence electrons. The maximum atomic E-state index is 14.3. The lowest BCUT2D eigenvalue weighted by molar-refractivity contribution is 0.295. The molecule has 0 unspecified atom stereocenters. The number of benzene rings is 1. The fourth-order valence-electron chi connectivity index (χ4n) is 3.55. The Hall–Kier alpha value is -3.43. The standard InChI is InChI=1S/C19H16F2N6.CH2F2/c20-12-4-3-5-13(21)17(12)19-24-14-9-22-16(27-6-1-2-7-27)8-11(14)18-15(25-19)10-23-26-18;2-1-3/h3-5,8-10H,1-2,6-7H2,(H,23,26)(H,24,25);1H2. The molecule has 0 saturated carbocycles. The van der Waals surface area contributed by atoms with Gasteiger partial charge in [-0.25, -0.2) is 27.5 Å². The molecule has 0 bridgehead atoms. The molecule has 3 aromatic rings. The first kappa shape index (κ1) is 19.9. The van der Waals surface area contributed by atoms with Crippen molar-refractivity contribution in [2.24, 2.45) is 4.99 Å². The van der Waals surface area contributed by atoms with Crippen LogP contribution in [0, 0.1) is 11.6 Å². The number of alkyl halides is 2. The van der Waals surface area contributed by atoms with Gasteiger partial charge in [0.05, 0.1) is 35.0 Å². The summed E-state index contributed by atoms with van der Waals surface area (Å²) in [6.07, 6.45) is 5.50. The van der Waals surface area contributed by atoms with Crippen molar-refractivity contribution < 1.29 is 17.6 Å². The van der Waals surface area contributed by atoms with Crippen LogP contribution in [0.25, 0.3) is 11.3 Å². The average molecular weight is 418 g/mol. The summed E-state index contributed by atoms with van der Waals surface area (Å²) in [7, 11) is 0. The monoisotopic (exact) mass is 418 g/mol. The maximum absolute atomic E-state index is 14.3. The molecule has 0 aliphatic carbocycles. The van der Waals surface area contributed by atoms with E-state index in [9.17, 15) is 17.6 Å². The number of halogens is 4. The molecule has 2 N–H and O–H groups in total. The Bertz CT molecular complexity index is 1050. The van der Waals surface area contributed by atoms with Crippen molar-refractivity contribution >= 4 is 23.0 Å². The zero-order valence-corrected chi connectivity index (χ0v) is 15.8. The third kappa shape index (κ3) is 3.72. The Morgan fingerprint density at radius 1 is 1.03 bits per heavy atom. The lowest BCUT2D eigenvalue weighted by Crippen LogP contribution is -2.18. The minimum Gasteiger partial charge on any atom is -0.357 e. The summed E-state index contributed by atoms with van der Waals surface area (Å²) in [5.74, 6) is -0.418. The summed E-state index contributed by atoms with van der Waals surface area (Å²) in [6.45, 7) is 0.184. The SMILES string of the molecule is FCF.Fc1cccc(F)c1C1=Nc2cnc(N3CCCC3)cc2-c2[nH]ncc2N1. The molecular weight excluding hydrogens is 400 g/mol. The second-order valence-electron chi connectivity index (χ2n) is 6.70. The van der Waals surface area contributed by atoms with E-state index in [1.165, 1.54) is 18.2 Å². The number of amidine groups is 1. The Labute approximate surface area is 169 Å². The number of H-pyrrole nitrogens is 1. The van der Waals surface area contributed by atoms with Crippen molar-refractivity contribution in [1.29, 1.82) is 0 Å². The van der Waals surface area contributed by atoms with Crippen molar-refractivity contribution in [3.63, 3.8) is 0 Å². The van der Waals surface area contributed by atoms with Crippen LogP contribution in [-0.2, 0) is 0 Å². The number of aromatic nitrogens is 3. The third-order valence-electron chi connectivity index (χ3n) is 4.89. The molecule has 0 spiro atoms. The zero-order chi connectivity index (χ0) is 21.1. The molecule has 1 aromatic carbocycles. The predicted octanol–water partition coefficient (Wildman–Crippen LogP) is 4.74. The Morgan fingerprint density at radius 2 is 1.73 bits per heavy atom. The van der Waals surface area contributed by atoms with E-state index in [1.54, 1.807) is 12.4 Å². The van der Waals surface area contributed by atoms with Crippen molar-refractivity contribution in [3.8, 4) is 11.3 Å². The molecule has 30 heavy (non-hydrogen) atoms. The Balaban J connectivity index is 0.000000687. The van der Waals surface area contributed by atoms with Gasteiger partial charge in [-0.1, -0.05) is 6.07 Å². The normalized spacial score (nSPS) is 14.7. The van der Waals surface area contributed by atoms with Crippen LogP contribution in [0.2, 0.25) is 0 Å². The summed E-state index contributed by atoms with van der Waals surface area (Å²) < 4.78 is 47.9. The zero-order valence-electron chi connectivity index (χ0n) is 15.8.